The predicted octanol–water partition coefficient (Wildman–Crippen LogP) is 7.19. The summed E-state index contributed by atoms with van der Waals surface area (Å²) in [4.78, 5) is 11.6. The van der Waals surface area contributed by atoms with E-state index in [0.717, 1.165) is 19.4 Å². The average molecular weight is 352 g/mol. The van der Waals surface area contributed by atoms with Crippen LogP contribution in [0.1, 0.15) is 117 Å². The first-order chi connectivity index (χ1) is 12.2. The van der Waals surface area contributed by atoms with Gasteiger partial charge in [-0.25, -0.2) is 0 Å². The molecule has 0 saturated heterocycles. The minimum Gasteiger partial charge on any atom is -0.356 e. The number of nitrogens with one attached hydrogen (secondary N) is 1. The van der Waals surface area contributed by atoms with Gasteiger partial charge < -0.3 is 5.32 Å². The van der Waals surface area contributed by atoms with Crippen LogP contribution in [0.5, 0.6) is 0 Å². The van der Waals surface area contributed by atoms with Crippen LogP contribution >= 0.6 is 0 Å². The molecule has 0 saturated carbocycles. The Morgan fingerprint density at radius 3 is 1.88 bits per heavy atom. The van der Waals surface area contributed by atoms with Gasteiger partial charge in [-0.05, 0) is 44.4 Å². The SMILES string of the molecule is CCCCCCCCC=CCCCCCCCC(=O)NCCC(C)C. The van der Waals surface area contributed by atoms with Crippen molar-refractivity contribution in [1.82, 2.24) is 5.32 Å². The molecule has 25 heavy (non-hydrogen) atoms. The highest BCUT2D eigenvalue weighted by atomic mass is 16.1. The predicted molar refractivity (Wildman–Crippen MR) is 112 cm³/mol. The monoisotopic (exact) mass is 351 g/mol. The molecule has 0 aromatic rings. The normalized spacial score (nSPS) is 11.5. The summed E-state index contributed by atoms with van der Waals surface area (Å²) in [6.45, 7) is 7.49. The van der Waals surface area contributed by atoms with Crippen molar-refractivity contribution in [2.45, 2.75) is 117 Å². The minimum atomic E-state index is 0.235. The Morgan fingerprint density at radius 2 is 1.32 bits per heavy atom. The number of amides is 1. The molecule has 1 amide bonds. The molecule has 0 aliphatic rings. The van der Waals surface area contributed by atoms with E-state index in [9.17, 15) is 4.79 Å². The Balaban J connectivity index is 3.20. The second-order valence-electron chi connectivity index (χ2n) is 7.87. The van der Waals surface area contributed by atoms with Crippen LogP contribution in [-0.2, 0) is 4.79 Å². The van der Waals surface area contributed by atoms with Crippen LogP contribution in [0.15, 0.2) is 12.2 Å². The van der Waals surface area contributed by atoms with Gasteiger partial charge in [-0.2, -0.15) is 0 Å². The lowest BCUT2D eigenvalue weighted by molar-refractivity contribution is -0.121. The molecule has 0 aromatic heterocycles. The number of carbonyl (C=O) groups is 1. The molecule has 0 radical (unpaired) electrons. The summed E-state index contributed by atoms with van der Waals surface area (Å²) in [6, 6.07) is 0. The smallest absolute Gasteiger partial charge is 0.219 e. The molecular formula is C23H45NO. The van der Waals surface area contributed by atoms with Crippen molar-refractivity contribution in [3.05, 3.63) is 12.2 Å². The molecule has 0 aliphatic carbocycles. The van der Waals surface area contributed by atoms with Crippen LogP contribution in [-0.4, -0.2) is 12.5 Å². The fourth-order valence-electron chi connectivity index (χ4n) is 2.94. The van der Waals surface area contributed by atoms with Gasteiger partial charge in [0.05, 0.1) is 0 Å². The number of hydrogen-bond acceptors (Lipinski definition) is 1. The van der Waals surface area contributed by atoms with E-state index in [1.165, 1.54) is 77.0 Å². The number of unbranched alkanes of at least 4 members (excludes halogenated alkanes) is 11. The van der Waals surface area contributed by atoms with Gasteiger partial charge in [0.25, 0.3) is 0 Å². The summed E-state index contributed by atoms with van der Waals surface area (Å²) in [5, 5.41) is 3.02. The van der Waals surface area contributed by atoms with E-state index in [1.54, 1.807) is 0 Å². The molecule has 2 heteroatoms. The molecule has 0 rings (SSSR count). The van der Waals surface area contributed by atoms with Crippen LogP contribution in [0.2, 0.25) is 0 Å². The summed E-state index contributed by atoms with van der Waals surface area (Å²) in [7, 11) is 0. The fourth-order valence-corrected chi connectivity index (χ4v) is 2.94. The summed E-state index contributed by atoms with van der Waals surface area (Å²) >= 11 is 0. The molecule has 0 aromatic carbocycles. The second-order valence-corrected chi connectivity index (χ2v) is 7.87. The molecule has 2 nitrogen and oxygen atoms in total. The molecule has 148 valence electrons. The van der Waals surface area contributed by atoms with Crippen molar-refractivity contribution < 1.29 is 4.79 Å². The molecule has 0 atom stereocenters. The fraction of sp³-hybridized carbons (Fsp3) is 0.870. The Morgan fingerprint density at radius 1 is 0.800 bits per heavy atom. The number of rotatable bonds is 18. The lowest BCUT2D eigenvalue weighted by Gasteiger charge is -2.07. The summed E-state index contributed by atoms with van der Waals surface area (Å²) in [6.07, 6.45) is 23.5. The molecule has 0 unspecified atom stereocenters. The standard InChI is InChI=1S/C23H45NO/c1-4-5-6-7-8-9-10-11-12-13-14-15-16-17-18-19-23(25)24-21-20-22(2)3/h11-12,22H,4-10,13-21H2,1-3H3,(H,24,25). The highest BCUT2D eigenvalue weighted by Gasteiger charge is 2.01. The summed E-state index contributed by atoms with van der Waals surface area (Å²) in [5.74, 6) is 0.901. The topological polar surface area (TPSA) is 29.1 Å². The van der Waals surface area contributed by atoms with E-state index in [4.69, 9.17) is 0 Å². The zero-order chi connectivity index (χ0) is 18.6. The lowest BCUT2D eigenvalue weighted by Crippen LogP contribution is -2.24. The largest absolute Gasteiger partial charge is 0.356 e. The Labute approximate surface area is 158 Å². The molecule has 1 N–H and O–H groups in total. The van der Waals surface area contributed by atoms with Gasteiger partial charge in [0.1, 0.15) is 0 Å². The Kier molecular flexibility index (Phi) is 18.9. The van der Waals surface area contributed by atoms with Crippen LogP contribution in [0.3, 0.4) is 0 Å². The van der Waals surface area contributed by atoms with Gasteiger partial charge in [-0.15, -0.1) is 0 Å². The first-order valence-corrected chi connectivity index (χ1v) is 11.1. The number of hydrogen-bond donors (Lipinski definition) is 1. The summed E-state index contributed by atoms with van der Waals surface area (Å²) in [5.41, 5.74) is 0. The van der Waals surface area contributed by atoms with Gasteiger partial charge in [-0.1, -0.05) is 84.3 Å². The molecular weight excluding hydrogens is 306 g/mol. The van der Waals surface area contributed by atoms with Crippen LogP contribution < -0.4 is 5.32 Å². The van der Waals surface area contributed by atoms with Crippen molar-refractivity contribution in [3.63, 3.8) is 0 Å². The third-order valence-corrected chi connectivity index (χ3v) is 4.71. The van der Waals surface area contributed by atoms with E-state index in [2.05, 4.69) is 38.2 Å². The van der Waals surface area contributed by atoms with Crippen molar-refractivity contribution in [1.29, 1.82) is 0 Å². The zero-order valence-corrected chi connectivity index (χ0v) is 17.5. The minimum absolute atomic E-state index is 0.235. The van der Waals surface area contributed by atoms with E-state index < -0.39 is 0 Å². The Bertz CT molecular complexity index is 309. The maximum absolute atomic E-state index is 11.6. The first-order valence-electron chi connectivity index (χ1n) is 11.1. The molecule has 0 spiro atoms. The highest BCUT2D eigenvalue weighted by Crippen LogP contribution is 2.10. The van der Waals surface area contributed by atoms with E-state index in [1.807, 2.05) is 0 Å². The maximum Gasteiger partial charge on any atom is 0.219 e. The van der Waals surface area contributed by atoms with Gasteiger partial charge in [-0.3, -0.25) is 4.79 Å². The lowest BCUT2D eigenvalue weighted by atomic mass is 10.1. The van der Waals surface area contributed by atoms with E-state index >= 15 is 0 Å². The van der Waals surface area contributed by atoms with Gasteiger partial charge in [0, 0.05) is 13.0 Å². The number of allylic oxidation sites excluding steroid dienone is 2. The van der Waals surface area contributed by atoms with Gasteiger partial charge in [0.15, 0.2) is 0 Å². The van der Waals surface area contributed by atoms with Crippen molar-refractivity contribution in [2.75, 3.05) is 6.54 Å². The molecule has 0 bridgehead atoms. The van der Waals surface area contributed by atoms with Crippen LogP contribution in [0.4, 0.5) is 0 Å². The van der Waals surface area contributed by atoms with Gasteiger partial charge >= 0.3 is 0 Å². The van der Waals surface area contributed by atoms with Crippen LogP contribution in [0.25, 0.3) is 0 Å². The average Bonchev–Trinajstić information content (AvgIpc) is 2.58. The van der Waals surface area contributed by atoms with E-state index in [-0.39, 0.29) is 5.91 Å². The third kappa shape index (κ3) is 21.2. The first kappa shape index (κ1) is 24.2. The second kappa shape index (κ2) is 19.5. The van der Waals surface area contributed by atoms with Crippen molar-refractivity contribution in [3.8, 4) is 0 Å². The Hall–Kier alpha value is -0.790. The van der Waals surface area contributed by atoms with Gasteiger partial charge in [0.2, 0.25) is 5.91 Å². The molecule has 0 heterocycles. The zero-order valence-electron chi connectivity index (χ0n) is 17.5. The maximum atomic E-state index is 11.6. The highest BCUT2D eigenvalue weighted by molar-refractivity contribution is 5.75. The summed E-state index contributed by atoms with van der Waals surface area (Å²) < 4.78 is 0. The van der Waals surface area contributed by atoms with Crippen molar-refractivity contribution in [2.24, 2.45) is 5.92 Å². The molecule has 0 aliphatic heterocycles. The van der Waals surface area contributed by atoms with Crippen molar-refractivity contribution >= 4 is 5.91 Å². The quantitative estimate of drug-likeness (QED) is 0.205. The number of carbonyl (C=O) groups excluding carboxylic acids is 1. The third-order valence-electron chi connectivity index (χ3n) is 4.71. The molecule has 0 fully saturated rings. The van der Waals surface area contributed by atoms with Crippen LogP contribution in [0, 0.1) is 5.92 Å². The van der Waals surface area contributed by atoms with E-state index in [0.29, 0.717) is 12.3 Å².